The van der Waals surface area contributed by atoms with E-state index in [0.717, 1.165) is 6.07 Å². The van der Waals surface area contributed by atoms with E-state index in [1.54, 1.807) is 0 Å². The van der Waals surface area contributed by atoms with Crippen molar-refractivity contribution in [3.05, 3.63) is 35.4 Å². The van der Waals surface area contributed by atoms with E-state index in [2.05, 4.69) is 0 Å². The number of nitrogens with two attached hydrogens (primary N) is 1. The van der Waals surface area contributed by atoms with Gasteiger partial charge in [0.05, 0.1) is 0 Å². The van der Waals surface area contributed by atoms with E-state index in [0.29, 0.717) is 38.0 Å². The molecule has 4 nitrogen and oxygen atoms in total. The topological polar surface area (TPSA) is 66.6 Å². The van der Waals surface area contributed by atoms with Crippen LogP contribution in [-0.4, -0.2) is 35.1 Å². The van der Waals surface area contributed by atoms with Crippen LogP contribution in [0.4, 0.5) is 8.78 Å². The van der Waals surface area contributed by atoms with Crippen LogP contribution in [0.1, 0.15) is 18.4 Å². The summed E-state index contributed by atoms with van der Waals surface area (Å²) in [4.78, 5) is 13.0. The minimum Gasteiger partial charge on any atom is -0.383 e. The largest absolute Gasteiger partial charge is 0.383 e. The van der Waals surface area contributed by atoms with Crippen molar-refractivity contribution in [1.82, 2.24) is 4.90 Å². The summed E-state index contributed by atoms with van der Waals surface area (Å²) in [6.45, 7) is 1.77. The fourth-order valence-electron chi connectivity index (χ4n) is 2.62. The maximum absolute atomic E-state index is 13.1. The zero-order chi connectivity index (χ0) is 14.7. The second kappa shape index (κ2) is 6.28. The van der Waals surface area contributed by atoms with Crippen LogP contribution < -0.4 is 5.73 Å². The Balaban J connectivity index is 1.89. The third-order valence-electron chi connectivity index (χ3n) is 3.70. The summed E-state index contributed by atoms with van der Waals surface area (Å²) in [7, 11) is 0. The molecular weight excluding hydrogens is 266 g/mol. The Morgan fingerprint density at radius 2 is 1.85 bits per heavy atom. The van der Waals surface area contributed by atoms with Crippen LogP contribution in [0.15, 0.2) is 18.2 Å². The van der Waals surface area contributed by atoms with E-state index in [9.17, 15) is 18.7 Å². The number of nitrogens with zero attached hydrogens (tertiary/aromatic N) is 1. The normalized spacial score (nSPS) is 18.9. The Kier molecular flexibility index (Phi) is 4.67. The Morgan fingerprint density at radius 1 is 1.30 bits per heavy atom. The molecule has 110 valence electrons. The third-order valence-corrected chi connectivity index (χ3v) is 3.70. The van der Waals surface area contributed by atoms with Crippen LogP contribution in [0.2, 0.25) is 0 Å². The molecule has 0 aliphatic carbocycles. The van der Waals surface area contributed by atoms with Crippen LogP contribution in [-0.2, 0) is 11.3 Å². The molecule has 1 aromatic rings. The van der Waals surface area contributed by atoms with Crippen LogP contribution >= 0.6 is 0 Å². The molecule has 2 rings (SSSR count). The van der Waals surface area contributed by atoms with Crippen LogP contribution in [0, 0.1) is 17.6 Å². The lowest BCUT2D eigenvalue weighted by atomic mass is 9.90. The molecule has 0 saturated carbocycles. The van der Waals surface area contributed by atoms with E-state index >= 15 is 0 Å². The number of hydrogen-bond acceptors (Lipinski definition) is 3. The minimum atomic E-state index is -1.11. The number of likely N-dealkylation sites (tertiary alicyclic amines) is 1. The number of carbonyl (C=O) groups is 1. The van der Waals surface area contributed by atoms with Gasteiger partial charge >= 0.3 is 0 Å². The third kappa shape index (κ3) is 3.74. The number of benzene rings is 1. The molecule has 1 aromatic carbocycles. The van der Waals surface area contributed by atoms with Gasteiger partial charge in [0, 0.05) is 12.6 Å². The van der Waals surface area contributed by atoms with Crippen molar-refractivity contribution >= 4 is 5.91 Å². The molecule has 20 heavy (non-hydrogen) atoms. The monoisotopic (exact) mass is 284 g/mol. The highest BCUT2D eigenvalue weighted by Crippen LogP contribution is 2.22. The summed E-state index contributed by atoms with van der Waals surface area (Å²) >= 11 is 0. The lowest BCUT2D eigenvalue weighted by Crippen LogP contribution is -2.42. The van der Waals surface area contributed by atoms with Crippen molar-refractivity contribution < 1.29 is 18.7 Å². The Hall–Kier alpha value is -1.53. The number of hydrogen-bond donors (Lipinski definition) is 2. The number of amides is 1. The molecule has 1 fully saturated rings. The fraction of sp³-hybridized carbons (Fsp3) is 0.500. The van der Waals surface area contributed by atoms with Gasteiger partial charge in [-0.1, -0.05) is 0 Å². The highest BCUT2D eigenvalue weighted by atomic mass is 19.1. The first-order chi connectivity index (χ1) is 9.45. The van der Waals surface area contributed by atoms with E-state index in [1.165, 1.54) is 12.1 Å². The number of carbonyl (C=O) groups excluding carboxylic acids is 1. The van der Waals surface area contributed by atoms with Gasteiger partial charge in [0.15, 0.2) is 0 Å². The average Bonchev–Trinajstić information content (AvgIpc) is 2.37. The zero-order valence-corrected chi connectivity index (χ0v) is 11.1. The van der Waals surface area contributed by atoms with Crippen LogP contribution in [0.25, 0.3) is 0 Å². The van der Waals surface area contributed by atoms with Gasteiger partial charge < -0.3 is 10.8 Å². The van der Waals surface area contributed by atoms with Crippen LogP contribution in [0.5, 0.6) is 0 Å². The van der Waals surface area contributed by atoms with Crippen molar-refractivity contribution in [3.8, 4) is 0 Å². The lowest BCUT2D eigenvalue weighted by Gasteiger charge is -2.33. The first kappa shape index (κ1) is 14.9. The number of halogens is 2. The second-order valence-corrected chi connectivity index (χ2v) is 5.24. The van der Waals surface area contributed by atoms with Crippen molar-refractivity contribution in [2.75, 3.05) is 13.1 Å². The van der Waals surface area contributed by atoms with Crippen molar-refractivity contribution in [1.29, 1.82) is 0 Å². The molecule has 1 heterocycles. The fourth-order valence-corrected chi connectivity index (χ4v) is 2.62. The SMILES string of the molecule is NC(=O)[C@H](O)C1CCN(Cc2cc(F)cc(F)c2)CC1. The van der Waals surface area contributed by atoms with E-state index < -0.39 is 23.6 Å². The Morgan fingerprint density at radius 3 is 2.35 bits per heavy atom. The molecule has 0 aromatic heterocycles. The van der Waals surface area contributed by atoms with Gasteiger partial charge in [0.25, 0.3) is 0 Å². The molecule has 6 heteroatoms. The number of aliphatic hydroxyl groups excluding tert-OH is 1. The van der Waals surface area contributed by atoms with Crippen molar-refractivity contribution in [2.24, 2.45) is 11.7 Å². The Bertz CT molecular complexity index is 468. The molecule has 1 aliphatic rings. The number of piperidine rings is 1. The number of primary amides is 1. The average molecular weight is 284 g/mol. The summed E-state index contributed by atoms with van der Waals surface area (Å²) < 4.78 is 26.2. The molecule has 1 saturated heterocycles. The zero-order valence-electron chi connectivity index (χ0n) is 11.1. The maximum Gasteiger partial charge on any atom is 0.246 e. The molecule has 0 unspecified atom stereocenters. The standard InChI is InChI=1S/C14H18F2N2O2/c15-11-5-9(6-12(16)7-11)8-18-3-1-10(2-4-18)13(19)14(17)20/h5-7,10,13,19H,1-4,8H2,(H2,17,20)/t13-/m1/s1. The molecular formula is C14H18F2N2O2. The van der Waals surface area contributed by atoms with Gasteiger partial charge in [0.2, 0.25) is 5.91 Å². The summed E-state index contributed by atoms with van der Waals surface area (Å²) in [6.07, 6.45) is 0.174. The van der Waals surface area contributed by atoms with E-state index in [4.69, 9.17) is 5.73 Å². The molecule has 1 aliphatic heterocycles. The quantitative estimate of drug-likeness (QED) is 0.867. The van der Waals surface area contributed by atoms with E-state index in [-0.39, 0.29) is 5.92 Å². The van der Waals surface area contributed by atoms with Crippen molar-refractivity contribution in [3.63, 3.8) is 0 Å². The molecule has 1 amide bonds. The van der Waals surface area contributed by atoms with Gasteiger partial charge in [-0.05, 0) is 49.5 Å². The summed E-state index contributed by atoms with van der Waals surface area (Å²) in [5, 5.41) is 9.61. The number of aliphatic hydroxyl groups is 1. The lowest BCUT2D eigenvalue weighted by molar-refractivity contribution is -0.129. The molecule has 3 N–H and O–H groups in total. The summed E-state index contributed by atoms with van der Waals surface area (Å²) in [5.74, 6) is -2.00. The first-order valence-corrected chi connectivity index (χ1v) is 6.60. The van der Waals surface area contributed by atoms with Gasteiger partial charge in [-0.2, -0.15) is 0 Å². The second-order valence-electron chi connectivity index (χ2n) is 5.24. The smallest absolute Gasteiger partial charge is 0.246 e. The van der Waals surface area contributed by atoms with Gasteiger partial charge in [-0.25, -0.2) is 8.78 Å². The van der Waals surface area contributed by atoms with E-state index in [1.807, 2.05) is 4.90 Å². The predicted octanol–water partition coefficient (Wildman–Crippen LogP) is 1.02. The van der Waals surface area contributed by atoms with Gasteiger partial charge in [-0.3, -0.25) is 9.69 Å². The molecule has 0 radical (unpaired) electrons. The number of rotatable bonds is 4. The minimum absolute atomic E-state index is 0.131. The maximum atomic E-state index is 13.1. The summed E-state index contributed by atoms with van der Waals surface area (Å²) in [6, 6.07) is 3.47. The van der Waals surface area contributed by atoms with Gasteiger partial charge in [0.1, 0.15) is 17.7 Å². The van der Waals surface area contributed by atoms with Crippen LogP contribution in [0.3, 0.4) is 0 Å². The summed E-state index contributed by atoms with van der Waals surface area (Å²) in [5.41, 5.74) is 5.65. The molecule has 0 spiro atoms. The highest BCUT2D eigenvalue weighted by Gasteiger charge is 2.28. The first-order valence-electron chi connectivity index (χ1n) is 6.60. The Labute approximate surface area is 116 Å². The van der Waals surface area contributed by atoms with Crippen molar-refractivity contribution in [2.45, 2.75) is 25.5 Å². The van der Waals surface area contributed by atoms with Gasteiger partial charge in [-0.15, -0.1) is 0 Å². The highest BCUT2D eigenvalue weighted by molar-refractivity contribution is 5.78. The molecule has 0 bridgehead atoms. The molecule has 1 atom stereocenters. The predicted molar refractivity (Wildman–Crippen MR) is 69.6 cm³/mol.